The van der Waals surface area contributed by atoms with Crippen molar-refractivity contribution in [1.29, 1.82) is 0 Å². The van der Waals surface area contributed by atoms with Gasteiger partial charge in [-0.2, -0.15) is 13.2 Å². The van der Waals surface area contributed by atoms with E-state index < -0.39 is 49.1 Å². The molecule has 1 aromatic carbocycles. The molecule has 0 saturated carbocycles. The number of hydrogen-bond donors (Lipinski definition) is 1. The second-order valence-corrected chi connectivity index (χ2v) is 5.75. The van der Waals surface area contributed by atoms with Gasteiger partial charge >= 0.3 is 12.1 Å². The summed E-state index contributed by atoms with van der Waals surface area (Å²) in [4.78, 5) is 24.4. The lowest BCUT2D eigenvalue weighted by Gasteiger charge is -2.20. The molecule has 1 N–H and O–H groups in total. The van der Waals surface area contributed by atoms with E-state index in [1.807, 2.05) is 0 Å². The minimum absolute atomic E-state index is 0.278. The van der Waals surface area contributed by atoms with Gasteiger partial charge < -0.3 is 14.7 Å². The van der Waals surface area contributed by atoms with Gasteiger partial charge in [0.25, 0.3) is 5.91 Å². The second kappa shape index (κ2) is 5.43. The summed E-state index contributed by atoms with van der Waals surface area (Å²) < 4.78 is 44.4. The quantitative estimate of drug-likeness (QED) is 0.897. The normalized spacial score (nSPS) is 26.7. The zero-order valence-electron chi connectivity index (χ0n) is 11.9. The van der Waals surface area contributed by atoms with Crippen LogP contribution in [0, 0.1) is 11.8 Å². The van der Waals surface area contributed by atoms with Gasteiger partial charge in [-0.25, -0.2) is 0 Å². The number of carbonyl (C=O) groups excluding carboxylic acids is 1. The number of nitrogens with zero attached hydrogens (tertiary/aromatic N) is 1. The lowest BCUT2D eigenvalue weighted by molar-refractivity contribution is -0.188. The average molecular weight is 329 g/mol. The number of carbonyl (C=O) groups is 2. The van der Waals surface area contributed by atoms with Crippen molar-refractivity contribution in [2.75, 3.05) is 13.1 Å². The molecule has 0 aromatic heterocycles. The number of carboxylic acid groups (broad SMARTS) is 1. The Labute approximate surface area is 129 Å². The Bertz CT molecular complexity index is 621. The van der Waals surface area contributed by atoms with Crippen LogP contribution in [0.4, 0.5) is 13.2 Å². The predicted molar refractivity (Wildman–Crippen MR) is 71.8 cm³/mol. The maximum atomic E-state index is 13.0. The first-order valence-electron chi connectivity index (χ1n) is 7.10. The summed E-state index contributed by atoms with van der Waals surface area (Å²) in [5.41, 5.74) is 0.812. The van der Waals surface area contributed by atoms with Crippen LogP contribution >= 0.6 is 0 Å². The average Bonchev–Trinajstić information content (AvgIpc) is 3.10. The van der Waals surface area contributed by atoms with E-state index in [-0.39, 0.29) is 6.42 Å². The molecule has 0 aliphatic carbocycles. The number of likely N-dealkylation sites (tertiary alicyclic amines) is 1. The topological polar surface area (TPSA) is 66.8 Å². The Morgan fingerprint density at radius 3 is 2.48 bits per heavy atom. The molecule has 3 rings (SSSR count). The minimum Gasteiger partial charge on any atom is -0.481 e. The number of fused-ring (bicyclic) bond motifs is 1. The van der Waals surface area contributed by atoms with Crippen LogP contribution < -0.4 is 4.74 Å². The van der Waals surface area contributed by atoms with Crippen LogP contribution in [0.15, 0.2) is 24.3 Å². The Morgan fingerprint density at radius 2 is 1.91 bits per heavy atom. The molecule has 23 heavy (non-hydrogen) atoms. The van der Waals surface area contributed by atoms with E-state index in [0.29, 0.717) is 5.75 Å². The number of para-hydroxylation sites is 1. The number of carboxylic acids is 1. The monoisotopic (exact) mass is 329 g/mol. The summed E-state index contributed by atoms with van der Waals surface area (Å²) >= 11 is 0. The first kappa shape index (κ1) is 15.6. The van der Waals surface area contributed by atoms with Gasteiger partial charge in [0.15, 0.2) is 6.10 Å². The number of benzene rings is 1. The largest absolute Gasteiger partial charge is 0.481 e. The van der Waals surface area contributed by atoms with Crippen molar-refractivity contribution in [3.8, 4) is 5.75 Å². The molecule has 8 heteroatoms. The van der Waals surface area contributed by atoms with Crippen LogP contribution in [0.2, 0.25) is 0 Å². The molecule has 1 fully saturated rings. The van der Waals surface area contributed by atoms with Gasteiger partial charge in [0.05, 0.1) is 11.8 Å². The summed E-state index contributed by atoms with van der Waals surface area (Å²) in [5, 5.41) is 8.98. The molecule has 124 valence electrons. The zero-order chi connectivity index (χ0) is 16.8. The van der Waals surface area contributed by atoms with Crippen molar-refractivity contribution in [3.05, 3.63) is 29.8 Å². The van der Waals surface area contributed by atoms with Gasteiger partial charge in [-0.15, -0.1) is 0 Å². The van der Waals surface area contributed by atoms with Crippen LogP contribution in [0.1, 0.15) is 5.56 Å². The lowest BCUT2D eigenvalue weighted by atomic mass is 9.96. The highest BCUT2D eigenvalue weighted by molar-refractivity contribution is 5.84. The molecule has 5 nitrogen and oxygen atoms in total. The van der Waals surface area contributed by atoms with Crippen molar-refractivity contribution in [3.63, 3.8) is 0 Å². The molecule has 1 aromatic rings. The summed E-state index contributed by atoms with van der Waals surface area (Å²) in [6, 6.07) is 6.99. The highest BCUT2D eigenvalue weighted by Gasteiger charge is 2.54. The predicted octanol–water partition coefficient (Wildman–Crippen LogP) is 1.71. The van der Waals surface area contributed by atoms with E-state index in [0.717, 1.165) is 10.5 Å². The van der Waals surface area contributed by atoms with Gasteiger partial charge in [-0.3, -0.25) is 9.59 Å². The standard InChI is InChI=1S/C15H14F3NO4/c16-15(17,18)10-7-19(6-9(10)14(21)22)13(20)12-5-8-3-1-2-4-11(8)23-12/h1-4,9-10,12H,5-7H2,(H,21,22)/t9-,10-,12?/m1/s1. The zero-order valence-corrected chi connectivity index (χ0v) is 11.9. The summed E-state index contributed by atoms with van der Waals surface area (Å²) in [6.45, 7) is -1.09. The SMILES string of the molecule is O=C(O)[C@@H]1CN(C(=O)C2Cc3ccccc3O2)C[C@H]1C(F)(F)F. The summed E-state index contributed by atoms with van der Waals surface area (Å²) in [7, 11) is 0. The van der Waals surface area contributed by atoms with Crippen LogP contribution in [0.5, 0.6) is 5.75 Å². The fourth-order valence-corrected chi connectivity index (χ4v) is 3.09. The molecule has 2 heterocycles. The van der Waals surface area contributed by atoms with Gasteiger partial charge in [-0.05, 0) is 11.6 Å². The maximum absolute atomic E-state index is 13.0. The number of halogens is 3. The van der Waals surface area contributed by atoms with Crippen molar-refractivity contribution in [2.45, 2.75) is 18.7 Å². The smallest absolute Gasteiger partial charge is 0.394 e. The lowest BCUT2D eigenvalue weighted by Crippen LogP contribution is -2.41. The molecule has 2 aliphatic heterocycles. The van der Waals surface area contributed by atoms with E-state index in [1.165, 1.54) is 0 Å². The third-order valence-electron chi connectivity index (χ3n) is 4.29. The van der Waals surface area contributed by atoms with Crippen LogP contribution in [0.25, 0.3) is 0 Å². The van der Waals surface area contributed by atoms with Crippen molar-refractivity contribution in [2.24, 2.45) is 11.8 Å². The van der Waals surface area contributed by atoms with Crippen LogP contribution in [0.3, 0.4) is 0 Å². The van der Waals surface area contributed by atoms with Gasteiger partial charge in [0.1, 0.15) is 5.75 Å². The molecule has 1 saturated heterocycles. The van der Waals surface area contributed by atoms with Crippen molar-refractivity contribution >= 4 is 11.9 Å². The summed E-state index contributed by atoms with van der Waals surface area (Å²) in [6.07, 6.45) is -5.27. The molecule has 0 radical (unpaired) electrons. The summed E-state index contributed by atoms with van der Waals surface area (Å²) in [5.74, 6) is -5.29. The molecular weight excluding hydrogens is 315 g/mol. The molecule has 0 bridgehead atoms. The minimum atomic E-state index is -4.66. The Kier molecular flexibility index (Phi) is 3.69. The van der Waals surface area contributed by atoms with Gasteiger partial charge in [-0.1, -0.05) is 18.2 Å². The highest BCUT2D eigenvalue weighted by atomic mass is 19.4. The first-order valence-corrected chi connectivity index (χ1v) is 7.10. The van der Waals surface area contributed by atoms with Crippen LogP contribution in [-0.2, 0) is 16.0 Å². The number of aliphatic carboxylic acids is 1. The van der Waals surface area contributed by atoms with Gasteiger partial charge in [0.2, 0.25) is 0 Å². The van der Waals surface area contributed by atoms with Crippen molar-refractivity contribution < 1.29 is 32.6 Å². The molecule has 1 amide bonds. The highest BCUT2D eigenvalue weighted by Crippen LogP contribution is 2.38. The van der Waals surface area contributed by atoms with E-state index in [2.05, 4.69) is 0 Å². The third kappa shape index (κ3) is 2.85. The second-order valence-electron chi connectivity index (χ2n) is 5.75. The van der Waals surface area contributed by atoms with E-state index >= 15 is 0 Å². The van der Waals surface area contributed by atoms with E-state index in [4.69, 9.17) is 9.84 Å². The third-order valence-corrected chi connectivity index (χ3v) is 4.29. The number of amides is 1. The van der Waals surface area contributed by atoms with E-state index in [9.17, 15) is 22.8 Å². The Balaban J connectivity index is 1.73. The van der Waals surface area contributed by atoms with Gasteiger partial charge in [0, 0.05) is 19.5 Å². The maximum Gasteiger partial charge on any atom is 0.394 e. The Morgan fingerprint density at radius 1 is 1.22 bits per heavy atom. The molecule has 3 atom stereocenters. The molecule has 2 aliphatic rings. The van der Waals surface area contributed by atoms with Crippen LogP contribution in [-0.4, -0.2) is 47.3 Å². The molecule has 0 spiro atoms. The molecular formula is C15H14F3NO4. The molecule has 1 unspecified atom stereocenters. The number of alkyl halides is 3. The number of hydrogen-bond acceptors (Lipinski definition) is 3. The fourth-order valence-electron chi connectivity index (χ4n) is 3.09. The van der Waals surface area contributed by atoms with Crippen molar-refractivity contribution in [1.82, 2.24) is 4.90 Å². The number of ether oxygens (including phenoxy) is 1. The number of rotatable bonds is 2. The fraction of sp³-hybridized carbons (Fsp3) is 0.467. The first-order chi connectivity index (χ1) is 10.8. The van der Waals surface area contributed by atoms with E-state index in [1.54, 1.807) is 24.3 Å². The Hall–Kier alpha value is -2.25.